The molecule has 0 bridgehead atoms. The summed E-state index contributed by atoms with van der Waals surface area (Å²) in [7, 11) is 0. The molecule has 5 rings (SSSR count). The number of amides is 1. The van der Waals surface area contributed by atoms with Gasteiger partial charge in [-0.25, -0.2) is 0 Å². The molecule has 1 aromatic heterocycles. The second-order valence-electron chi connectivity index (χ2n) is 11.1. The number of benzene rings is 2. The Morgan fingerprint density at radius 1 is 1.05 bits per heavy atom. The summed E-state index contributed by atoms with van der Waals surface area (Å²) in [6.45, 7) is 10.0. The molecule has 1 saturated heterocycles. The van der Waals surface area contributed by atoms with Crippen molar-refractivity contribution in [1.82, 2.24) is 9.80 Å². The van der Waals surface area contributed by atoms with Gasteiger partial charge in [0.25, 0.3) is 0 Å². The second kappa shape index (κ2) is 11.3. The Morgan fingerprint density at radius 3 is 2.50 bits per heavy atom. The SMILES string of the molecule is CC(=O)CCC(C(=O)C1CCC1C)c1coc2ccc3cc(OCCN4CCN(C(C)=O)CC4)ccc3c12. The monoisotopic (exact) mass is 518 g/mol. The van der Waals surface area contributed by atoms with Crippen molar-refractivity contribution in [3.8, 4) is 5.75 Å². The van der Waals surface area contributed by atoms with Crippen LogP contribution < -0.4 is 4.74 Å². The molecule has 0 N–H and O–H groups in total. The fraction of sp³-hybridized carbons (Fsp3) is 0.516. The third kappa shape index (κ3) is 5.48. The Balaban J connectivity index is 1.34. The smallest absolute Gasteiger partial charge is 0.219 e. The van der Waals surface area contributed by atoms with Crippen LogP contribution in [0.2, 0.25) is 0 Å². The van der Waals surface area contributed by atoms with E-state index >= 15 is 0 Å². The van der Waals surface area contributed by atoms with Crippen LogP contribution in [0.3, 0.4) is 0 Å². The summed E-state index contributed by atoms with van der Waals surface area (Å²) in [5, 5.41) is 3.02. The molecule has 3 atom stereocenters. The summed E-state index contributed by atoms with van der Waals surface area (Å²) >= 11 is 0. The summed E-state index contributed by atoms with van der Waals surface area (Å²) in [5.74, 6) is 1.42. The summed E-state index contributed by atoms with van der Waals surface area (Å²) in [5.41, 5.74) is 1.66. The van der Waals surface area contributed by atoms with E-state index in [1.807, 2.05) is 29.2 Å². The van der Waals surface area contributed by atoms with Gasteiger partial charge in [-0.3, -0.25) is 14.5 Å². The fourth-order valence-electron chi connectivity index (χ4n) is 5.94. The van der Waals surface area contributed by atoms with Gasteiger partial charge in [0.15, 0.2) is 0 Å². The van der Waals surface area contributed by atoms with Crippen LogP contribution in [0.15, 0.2) is 41.0 Å². The summed E-state index contributed by atoms with van der Waals surface area (Å²) < 4.78 is 12.0. The highest BCUT2D eigenvalue weighted by Gasteiger charge is 2.38. The molecule has 2 fully saturated rings. The number of ketones is 2. The number of rotatable bonds is 10. The maximum absolute atomic E-state index is 13.6. The molecule has 3 aromatic rings. The Morgan fingerprint density at radius 2 is 1.84 bits per heavy atom. The predicted octanol–water partition coefficient (Wildman–Crippen LogP) is 5.20. The van der Waals surface area contributed by atoms with E-state index in [9.17, 15) is 14.4 Å². The number of carbonyl (C=O) groups excluding carboxylic acids is 3. The van der Waals surface area contributed by atoms with Crippen LogP contribution >= 0.6 is 0 Å². The van der Waals surface area contributed by atoms with Crippen LogP contribution in [0, 0.1) is 11.8 Å². The van der Waals surface area contributed by atoms with E-state index in [2.05, 4.69) is 17.9 Å². The quantitative estimate of drug-likeness (QED) is 0.367. The first kappa shape index (κ1) is 26.4. The van der Waals surface area contributed by atoms with E-state index in [0.717, 1.165) is 78.6 Å². The normalized spacial score (nSPS) is 20.9. The van der Waals surface area contributed by atoms with Crippen LogP contribution in [0.25, 0.3) is 21.7 Å². The van der Waals surface area contributed by atoms with Crippen LogP contribution in [0.5, 0.6) is 5.75 Å². The van der Waals surface area contributed by atoms with Gasteiger partial charge in [0.1, 0.15) is 29.5 Å². The number of carbonyl (C=O) groups is 3. The molecular weight excluding hydrogens is 480 g/mol. The summed E-state index contributed by atoms with van der Waals surface area (Å²) in [6.07, 6.45) is 4.65. The van der Waals surface area contributed by atoms with Gasteiger partial charge in [0, 0.05) is 68.9 Å². The van der Waals surface area contributed by atoms with Gasteiger partial charge in [-0.15, -0.1) is 0 Å². The molecule has 3 unspecified atom stereocenters. The van der Waals surface area contributed by atoms with Crippen LogP contribution in [-0.4, -0.2) is 66.6 Å². The molecule has 1 amide bonds. The van der Waals surface area contributed by atoms with Crippen LogP contribution in [-0.2, 0) is 14.4 Å². The summed E-state index contributed by atoms with van der Waals surface area (Å²) in [4.78, 5) is 41.2. The van der Waals surface area contributed by atoms with Crippen molar-refractivity contribution >= 4 is 39.2 Å². The highest BCUT2D eigenvalue weighted by Crippen LogP contribution is 2.43. The maximum atomic E-state index is 13.6. The molecule has 7 heteroatoms. The first-order valence-corrected chi connectivity index (χ1v) is 13.9. The number of ether oxygens (including phenoxy) is 1. The largest absolute Gasteiger partial charge is 0.492 e. The Kier molecular flexibility index (Phi) is 7.84. The molecule has 2 heterocycles. The van der Waals surface area contributed by atoms with Crippen LogP contribution in [0.1, 0.15) is 57.9 Å². The van der Waals surface area contributed by atoms with Crippen molar-refractivity contribution in [2.75, 3.05) is 39.3 Å². The number of piperazine rings is 1. The molecule has 2 aliphatic rings. The first-order valence-electron chi connectivity index (χ1n) is 13.9. The zero-order chi connectivity index (χ0) is 26.8. The van der Waals surface area contributed by atoms with Gasteiger partial charge in [-0.2, -0.15) is 0 Å². The van der Waals surface area contributed by atoms with Gasteiger partial charge in [-0.1, -0.05) is 13.0 Å². The molecule has 1 aliphatic carbocycles. The summed E-state index contributed by atoms with van der Waals surface area (Å²) in [6, 6.07) is 10.1. The first-order chi connectivity index (χ1) is 18.3. The number of hydrogen-bond acceptors (Lipinski definition) is 6. The molecule has 1 aliphatic heterocycles. The zero-order valence-electron chi connectivity index (χ0n) is 22.7. The third-order valence-corrected chi connectivity index (χ3v) is 8.54. The van der Waals surface area contributed by atoms with Gasteiger partial charge in [0.2, 0.25) is 5.91 Å². The van der Waals surface area contributed by atoms with E-state index in [4.69, 9.17) is 9.15 Å². The van der Waals surface area contributed by atoms with Crippen molar-refractivity contribution in [3.05, 3.63) is 42.2 Å². The number of nitrogens with zero attached hydrogens (tertiary/aromatic N) is 2. The van der Waals surface area contributed by atoms with E-state index in [-0.39, 0.29) is 29.3 Å². The molecule has 0 radical (unpaired) electrons. The minimum absolute atomic E-state index is 0.0670. The van der Waals surface area contributed by atoms with Crippen molar-refractivity contribution in [3.63, 3.8) is 0 Å². The zero-order valence-corrected chi connectivity index (χ0v) is 22.7. The van der Waals surface area contributed by atoms with Gasteiger partial charge in [-0.05, 0) is 67.1 Å². The molecule has 0 spiro atoms. The van der Waals surface area contributed by atoms with Crippen molar-refractivity contribution in [2.24, 2.45) is 11.8 Å². The fourth-order valence-corrected chi connectivity index (χ4v) is 5.94. The predicted molar refractivity (Wildman–Crippen MR) is 147 cm³/mol. The van der Waals surface area contributed by atoms with Crippen molar-refractivity contribution < 1.29 is 23.5 Å². The lowest BCUT2D eigenvalue weighted by Crippen LogP contribution is -2.48. The lowest BCUT2D eigenvalue weighted by Gasteiger charge is -2.35. The highest BCUT2D eigenvalue weighted by molar-refractivity contribution is 6.09. The topological polar surface area (TPSA) is 80.1 Å². The van der Waals surface area contributed by atoms with Crippen molar-refractivity contribution in [1.29, 1.82) is 0 Å². The van der Waals surface area contributed by atoms with E-state index in [0.29, 0.717) is 25.4 Å². The number of fused-ring (bicyclic) bond motifs is 3. The molecule has 38 heavy (non-hydrogen) atoms. The standard InChI is InChI=1S/C31H38N2O5/c1-20-4-8-25(20)31(36)27(9-5-21(2)34)28-19-38-29-11-6-23-18-24(7-10-26(23)30(28)29)37-17-16-32-12-14-33(15-13-32)22(3)35/h6-7,10-11,18-20,25,27H,4-5,8-9,12-17H2,1-3H3. The Labute approximate surface area is 224 Å². The second-order valence-corrected chi connectivity index (χ2v) is 11.1. The number of hydrogen-bond donors (Lipinski definition) is 0. The van der Waals surface area contributed by atoms with E-state index in [1.165, 1.54) is 0 Å². The number of furan rings is 1. The Bertz CT molecular complexity index is 1340. The van der Waals surface area contributed by atoms with Crippen LogP contribution in [0.4, 0.5) is 0 Å². The van der Waals surface area contributed by atoms with Gasteiger partial charge < -0.3 is 18.8 Å². The maximum Gasteiger partial charge on any atom is 0.219 e. The average molecular weight is 519 g/mol. The lowest BCUT2D eigenvalue weighted by molar-refractivity contribution is -0.131. The van der Waals surface area contributed by atoms with Gasteiger partial charge >= 0.3 is 0 Å². The Hall–Kier alpha value is -3.19. The third-order valence-electron chi connectivity index (χ3n) is 8.54. The average Bonchev–Trinajstić information content (AvgIpc) is 3.32. The highest BCUT2D eigenvalue weighted by atomic mass is 16.5. The van der Waals surface area contributed by atoms with Crippen molar-refractivity contribution in [2.45, 2.75) is 52.4 Å². The lowest BCUT2D eigenvalue weighted by atomic mass is 9.68. The molecule has 202 valence electrons. The minimum Gasteiger partial charge on any atom is -0.492 e. The molecular formula is C31H38N2O5. The van der Waals surface area contributed by atoms with E-state index in [1.54, 1.807) is 20.1 Å². The molecule has 1 saturated carbocycles. The molecule has 2 aromatic carbocycles. The van der Waals surface area contributed by atoms with E-state index < -0.39 is 0 Å². The number of Topliss-reactive ketones (excluding diaryl/α,β-unsaturated/α-hetero) is 2. The molecule has 7 nitrogen and oxygen atoms in total. The minimum atomic E-state index is -0.335. The van der Waals surface area contributed by atoms with Gasteiger partial charge in [0.05, 0.1) is 6.26 Å².